The van der Waals surface area contributed by atoms with Gasteiger partial charge in [-0.1, -0.05) is 138 Å². The fraction of sp³-hybridized carbons (Fsp3) is 0.321. The zero-order chi connectivity index (χ0) is 40.5. The minimum atomic E-state index is -0.373. The molecule has 294 valence electrons. The minimum absolute atomic E-state index is 0.0450. The second-order valence-electron chi connectivity index (χ2n) is 17.6. The number of anilines is 4. The van der Waals surface area contributed by atoms with Crippen LogP contribution in [0.3, 0.4) is 0 Å². The lowest BCUT2D eigenvalue weighted by atomic mass is 9.79. The second kappa shape index (κ2) is 16.0. The van der Waals surface area contributed by atoms with E-state index in [9.17, 15) is 0 Å². The Morgan fingerprint density at radius 3 is 1.39 bits per heavy atom. The molecule has 2 unspecified atom stereocenters. The molecule has 6 aromatic carbocycles. The van der Waals surface area contributed by atoms with Crippen LogP contribution in [0.25, 0.3) is 11.1 Å². The minimum Gasteiger partial charge on any atom is -0.332 e. The first-order chi connectivity index (χ1) is 27.3. The predicted molar refractivity (Wildman–Crippen MR) is 244 cm³/mol. The number of rotatable bonds is 14. The van der Waals surface area contributed by atoms with Crippen LogP contribution in [0.2, 0.25) is 0 Å². The normalized spacial score (nSPS) is 14.4. The standard InChI is InChI=1S/C53H62N4/c1-9-17-49(54)37-23-28-42(29-24-37)56(41-21-15-12-16-22-41)53(7,8)40-27-33-45-46-34-32-44(36-48(46)51(3,4)47(45)35-40)57(52(5,6)39-19-13-11-14-20-39)43-30-25-38(26-31-43)50(55)18-10-2/h11-16,19-36,49-50H,9-10,17-18,54-55H2,1-8H3. The van der Waals surface area contributed by atoms with Gasteiger partial charge in [0.25, 0.3) is 0 Å². The van der Waals surface area contributed by atoms with E-state index in [0.717, 1.165) is 42.7 Å². The number of para-hydroxylation sites is 1. The number of nitrogens with zero attached hydrogens (tertiary/aromatic N) is 2. The summed E-state index contributed by atoms with van der Waals surface area (Å²) in [5.41, 5.74) is 27.0. The molecule has 0 saturated heterocycles. The van der Waals surface area contributed by atoms with Gasteiger partial charge in [0.05, 0.1) is 11.1 Å². The van der Waals surface area contributed by atoms with Crippen molar-refractivity contribution in [2.24, 2.45) is 11.5 Å². The maximum absolute atomic E-state index is 6.57. The fourth-order valence-electron chi connectivity index (χ4n) is 9.21. The van der Waals surface area contributed by atoms with E-state index in [1.807, 2.05) is 0 Å². The number of fused-ring (bicyclic) bond motifs is 3. The number of nitrogens with two attached hydrogens (primary N) is 2. The Balaban J connectivity index is 1.29. The highest BCUT2D eigenvalue weighted by atomic mass is 15.2. The average molecular weight is 755 g/mol. The maximum atomic E-state index is 6.57. The SMILES string of the molecule is CCCC(N)c1ccc(N(c2ccc3c(c2)C(C)(C)c2cc(C(C)(C)N(c4ccccc4)c4ccc(C(N)CCC)cc4)ccc2-3)C(C)(C)c2ccccc2)cc1. The van der Waals surface area contributed by atoms with Gasteiger partial charge in [0.15, 0.2) is 0 Å². The lowest BCUT2D eigenvalue weighted by molar-refractivity contribution is 0.532. The summed E-state index contributed by atoms with van der Waals surface area (Å²) in [5.74, 6) is 0. The summed E-state index contributed by atoms with van der Waals surface area (Å²) in [6, 6.07) is 53.8. The van der Waals surface area contributed by atoms with E-state index >= 15 is 0 Å². The van der Waals surface area contributed by atoms with Gasteiger partial charge < -0.3 is 21.3 Å². The van der Waals surface area contributed by atoms with Gasteiger partial charge in [-0.05, 0) is 134 Å². The lowest BCUT2D eigenvalue weighted by Crippen LogP contribution is -2.38. The van der Waals surface area contributed by atoms with Crippen molar-refractivity contribution in [1.82, 2.24) is 0 Å². The molecule has 4 N–H and O–H groups in total. The largest absolute Gasteiger partial charge is 0.332 e. The first-order valence-corrected chi connectivity index (χ1v) is 21.0. The Kier molecular flexibility index (Phi) is 11.2. The second-order valence-corrected chi connectivity index (χ2v) is 17.6. The molecular formula is C53H62N4. The summed E-state index contributed by atoms with van der Waals surface area (Å²) in [7, 11) is 0. The number of hydrogen-bond donors (Lipinski definition) is 2. The third-order valence-corrected chi connectivity index (χ3v) is 12.6. The highest BCUT2D eigenvalue weighted by Gasteiger charge is 2.40. The highest BCUT2D eigenvalue weighted by molar-refractivity contribution is 5.84. The predicted octanol–water partition coefficient (Wildman–Crippen LogP) is 13.7. The van der Waals surface area contributed by atoms with E-state index in [2.05, 4.69) is 211 Å². The molecule has 7 rings (SSSR count). The van der Waals surface area contributed by atoms with E-state index < -0.39 is 0 Å². The number of hydrogen-bond acceptors (Lipinski definition) is 4. The van der Waals surface area contributed by atoms with Crippen molar-refractivity contribution in [3.05, 3.63) is 179 Å². The van der Waals surface area contributed by atoms with Crippen LogP contribution in [0.5, 0.6) is 0 Å². The molecule has 0 heterocycles. The van der Waals surface area contributed by atoms with Crippen LogP contribution in [0, 0.1) is 0 Å². The Morgan fingerprint density at radius 1 is 0.474 bits per heavy atom. The molecule has 57 heavy (non-hydrogen) atoms. The Bertz CT molecular complexity index is 2270. The molecule has 0 bridgehead atoms. The quantitative estimate of drug-likeness (QED) is 0.116. The molecule has 1 aliphatic carbocycles. The maximum Gasteiger partial charge on any atom is 0.0646 e. The third kappa shape index (κ3) is 7.54. The van der Waals surface area contributed by atoms with E-state index in [4.69, 9.17) is 11.5 Å². The smallest absolute Gasteiger partial charge is 0.0646 e. The van der Waals surface area contributed by atoms with Crippen molar-refractivity contribution < 1.29 is 0 Å². The van der Waals surface area contributed by atoms with Crippen LogP contribution in [0.15, 0.2) is 146 Å². The van der Waals surface area contributed by atoms with Gasteiger partial charge in [0.2, 0.25) is 0 Å². The zero-order valence-electron chi connectivity index (χ0n) is 35.4. The highest BCUT2D eigenvalue weighted by Crippen LogP contribution is 2.53. The molecule has 2 atom stereocenters. The summed E-state index contributed by atoms with van der Waals surface area (Å²) < 4.78 is 0. The molecule has 0 fully saturated rings. The van der Waals surface area contributed by atoms with E-state index in [1.165, 1.54) is 50.2 Å². The third-order valence-electron chi connectivity index (χ3n) is 12.6. The fourth-order valence-corrected chi connectivity index (χ4v) is 9.21. The van der Waals surface area contributed by atoms with Gasteiger partial charge in [-0.2, -0.15) is 0 Å². The van der Waals surface area contributed by atoms with Crippen molar-refractivity contribution in [2.75, 3.05) is 9.80 Å². The number of benzene rings is 6. The van der Waals surface area contributed by atoms with Crippen LogP contribution in [-0.4, -0.2) is 0 Å². The summed E-state index contributed by atoms with van der Waals surface area (Å²) in [6.45, 7) is 18.5. The van der Waals surface area contributed by atoms with Crippen LogP contribution in [0.1, 0.15) is 127 Å². The van der Waals surface area contributed by atoms with E-state index in [0.29, 0.717) is 0 Å². The first-order valence-electron chi connectivity index (χ1n) is 21.0. The monoisotopic (exact) mass is 754 g/mol. The molecule has 4 nitrogen and oxygen atoms in total. The molecular weight excluding hydrogens is 693 g/mol. The molecule has 4 heteroatoms. The molecule has 6 aromatic rings. The van der Waals surface area contributed by atoms with Gasteiger partial charge in [0.1, 0.15) is 0 Å². The van der Waals surface area contributed by atoms with Gasteiger partial charge in [-0.15, -0.1) is 0 Å². The van der Waals surface area contributed by atoms with E-state index in [1.54, 1.807) is 0 Å². The average Bonchev–Trinajstić information content (AvgIpc) is 3.44. The van der Waals surface area contributed by atoms with Gasteiger partial charge in [0, 0.05) is 40.2 Å². The molecule has 1 aliphatic rings. The molecule has 0 saturated carbocycles. The molecule has 0 spiro atoms. The lowest BCUT2D eigenvalue weighted by Gasteiger charge is -2.42. The van der Waals surface area contributed by atoms with Gasteiger partial charge in [-0.3, -0.25) is 0 Å². The van der Waals surface area contributed by atoms with Crippen LogP contribution in [0.4, 0.5) is 22.7 Å². The topological polar surface area (TPSA) is 58.5 Å². The summed E-state index contributed by atoms with van der Waals surface area (Å²) in [4.78, 5) is 4.98. The summed E-state index contributed by atoms with van der Waals surface area (Å²) >= 11 is 0. The zero-order valence-corrected chi connectivity index (χ0v) is 35.4. The molecule has 0 aliphatic heterocycles. The van der Waals surface area contributed by atoms with Crippen LogP contribution < -0.4 is 21.3 Å². The van der Waals surface area contributed by atoms with Crippen molar-refractivity contribution in [2.45, 2.75) is 110 Å². The first kappa shape index (κ1) is 40.1. The summed E-state index contributed by atoms with van der Waals surface area (Å²) in [6.07, 6.45) is 4.09. The Morgan fingerprint density at radius 2 is 0.877 bits per heavy atom. The van der Waals surface area contributed by atoms with E-state index in [-0.39, 0.29) is 28.6 Å². The van der Waals surface area contributed by atoms with Crippen LogP contribution >= 0.6 is 0 Å². The molecule has 0 aromatic heterocycles. The van der Waals surface area contributed by atoms with Gasteiger partial charge >= 0.3 is 0 Å². The van der Waals surface area contributed by atoms with Crippen molar-refractivity contribution >= 4 is 22.7 Å². The van der Waals surface area contributed by atoms with Crippen molar-refractivity contribution in [1.29, 1.82) is 0 Å². The molecule has 0 amide bonds. The molecule has 0 radical (unpaired) electrons. The van der Waals surface area contributed by atoms with Crippen LogP contribution in [-0.2, 0) is 16.5 Å². The van der Waals surface area contributed by atoms with Crippen molar-refractivity contribution in [3.8, 4) is 11.1 Å². The summed E-state index contributed by atoms with van der Waals surface area (Å²) in [5, 5.41) is 0. The Labute approximate surface area is 342 Å². The van der Waals surface area contributed by atoms with Crippen molar-refractivity contribution in [3.63, 3.8) is 0 Å². The van der Waals surface area contributed by atoms with Gasteiger partial charge in [-0.25, -0.2) is 0 Å². The Hall–Kier alpha value is -5.16.